The molecule has 2 heterocycles. The average molecular weight is 476 g/mol. The van der Waals surface area contributed by atoms with Crippen LogP contribution in [0, 0.1) is 0 Å². The highest BCUT2D eigenvalue weighted by atomic mass is 31.2. The van der Waals surface area contributed by atoms with Crippen molar-refractivity contribution in [3.05, 3.63) is 103 Å². The summed E-state index contributed by atoms with van der Waals surface area (Å²) in [5, 5.41) is 16.1. The fraction of sp³-hybridized carbons (Fsp3) is 0.222. The molecule has 6 nitrogen and oxygen atoms in total. The predicted molar refractivity (Wildman–Crippen MR) is 128 cm³/mol. The van der Waals surface area contributed by atoms with E-state index >= 15 is 0 Å². The van der Waals surface area contributed by atoms with Gasteiger partial charge in [0.05, 0.1) is 6.61 Å². The Kier molecular flexibility index (Phi) is 5.90. The second kappa shape index (κ2) is 8.88. The summed E-state index contributed by atoms with van der Waals surface area (Å²) in [4.78, 5) is 13.0. The highest BCUT2D eigenvalue weighted by molar-refractivity contribution is 7.91. The van der Waals surface area contributed by atoms with Crippen LogP contribution >= 0.6 is 7.49 Å². The zero-order chi connectivity index (χ0) is 23.8. The fourth-order valence-corrected chi connectivity index (χ4v) is 7.72. The maximum absolute atomic E-state index is 13.5. The van der Waals surface area contributed by atoms with Crippen LogP contribution in [0.4, 0.5) is 0 Å². The molecular weight excluding hydrogens is 451 g/mol. The van der Waals surface area contributed by atoms with Crippen LogP contribution < -0.4 is 21.0 Å². The SMILES string of the molecule is CC1(C)OC[C@@H]([C@H]2OC(=O)C(O[P+](c3ccccc3)(c3ccccc3)c3ccccc3)=C2[O-])O1. The van der Waals surface area contributed by atoms with Crippen LogP contribution in [0.2, 0.25) is 0 Å². The molecule has 0 aliphatic carbocycles. The van der Waals surface area contributed by atoms with E-state index < -0.39 is 37.2 Å². The molecule has 0 unspecified atom stereocenters. The molecule has 2 aliphatic heterocycles. The van der Waals surface area contributed by atoms with Crippen LogP contribution in [-0.2, 0) is 23.5 Å². The Morgan fingerprint density at radius 1 is 0.853 bits per heavy atom. The van der Waals surface area contributed by atoms with Gasteiger partial charge in [-0.2, -0.15) is 0 Å². The number of carbonyl (C=O) groups is 1. The molecule has 1 fully saturated rings. The number of cyclic esters (lactones) is 1. The average Bonchev–Trinajstić information content (AvgIpc) is 3.36. The van der Waals surface area contributed by atoms with Gasteiger partial charge in [-0.1, -0.05) is 54.6 Å². The first-order valence-electron chi connectivity index (χ1n) is 11.1. The summed E-state index contributed by atoms with van der Waals surface area (Å²) >= 11 is 0. The maximum atomic E-state index is 13.5. The normalized spacial score (nSPS) is 22.0. The molecule has 0 bridgehead atoms. The lowest BCUT2D eigenvalue weighted by Gasteiger charge is -2.27. The van der Waals surface area contributed by atoms with Crippen molar-refractivity contribution in [2.24, 2.45) is 0 Å². The molecule has 0 amide bonds. The van der Waals surface area contributed by atoms with E-state index in [9.17, 15) is 9.90 Å². The molecule has 0 radical (unpaired) electrons. The molecule has 3 aromatic rings. The number of esters is 1. The lowest BCUT2D eigenvalue weighted by atomic mass is 10.2. The van der Waals surface area contributed by atoms with Crippen LogP contribution in [0.5, 0.6) is 0 Å². The first kappa shape index (κ1) is 22.6. The number of hydrogen-bond acceptors (Lipinski definition) is 6. The second-order valence-electron chi connectivity index (χ2n) is 8.59. The molecule has 0 saturated carbocycles. The summed E-state index contributed by atoms with van der Waals surface area (Å²) in [6.45, 7) is 3.67. The van der Waals surface area contributed by atoms with Gasteiger partial charge in [0.2, 0.25) is 0 Å². The first-order chi connectivity index (χ1) is 16.4. The molecule has 0 N–H and O–H groups in total. The third kappa shape index (κ3) is 3.98. The molecule has 2 atom stereocenters. The number of ether oxygens (including phenoxy) is 3. The van der Waals surface area contributed by atoms with Crippen molar-refractivity contribution in [1.82, 2.24) is 0 Å². The van der Waals surface area contributed by atoms with Crippen molar-refractivity contribution in [1.29, 1.82) is 0 Å². The number of hydrogen-bond donors (Lipinski definition) is 0. The molecule has 1 saturated heterocycles. The zero-order valence-corrected chi connectivity index (χ0v) is 19.8. The van der Waals surface area contributed by atoms with Crippen molar-refractivity contribution in [2.75, 3.05) is 6.61 Å². The monoisotopic (exact) mass is 476 g/mol. The van der Waals surface area contributed by atoms with Crippen LogP contribution in [0.1, 0.15) is 13.8 Å². The Morgan fingerprint density at radius 2 is 1.32 bits per heavy atom. The highest BCUT2D eigenvalue weighted by Crippen LogP contribution is 2.59. The minimum absolute atomic E-state index is 0.153. The number of carbonyl (C=O) groups excluding carboxylic acids is 1. The van der Waals surface area contributed by atoms with Gasteiger partial charge >= 0.3 is 5.97 Å². The summed E-state index contributed by atoms with van der Waals surface area (Å²) in [6.07, 6.45) is -1.79. The van der Waals surface area contributed by atoms with Gasteiger partial charge < -0.3 is 23.8 Å². The quantitative estimate of drug-likeness (QED) is 0.402. The van der Waals surface area contributed by atoms with E-state index in [4.69, 9.17) is 18.7 Å². The van der Waals surface area contributed by atoms with E-state index in [1.807, 2.05) is 91.0 Å². The van der Waals surface area contributed by atoms with E-state index in [0.29, 0.717) is 0 Å². The smallest absolute Gasteiger partial charge is 0.378 e. The van der Waals surface area contributed by atoms with Crippen molar-refractivity contribution in [3.8, 4) is 0 Å². The van der Waals surface area contributed by atoms with Gasteiger partial charge in [0, 0.05) is 0 Å². The van der Waals surface area contributed by atoms with Crippen molar-refractivity contribution in [2.45, 2.75) is 31.8 Å². The summed E-state index contributed by atoms with van der Waals surface area (Å²) in [6, 6.07) is 29.1. The van der Waals surface area contributed by atoms with Gasteiger partial charge in [-0.05, 0) is 56.0 Å². The number of rotatable bonds is 6. The van der Waals surface area contributed by atoms with E-state index in [0.717, 1.165) is 15.9 Å². The molecule has 7 heteroatoms. The number of benzene rings is 3. The molecule has 0 aromatic heterocycles. The van der Waals surface area contributed by atoms with Crippen LogP contribution in [0.3, 0.4) is 0 Å². The first-order valence-corrected chi connectivity index (χ1v) is 12.8. The summed E-state index contributed by atoms with van der Waals surface area (Å²) in [5.41, 5.74) is 0. The Balaban J connectivity index is 1.65. The van der Waals surface area contributed by atoms with Gasteiger partial charge in [-0.25, -0.2) is 4.79 Å². The minimum atomic E-state index is -2.89. The van der Waals surface area contributed by atoms with Crippen molar-refractivity contribution < 1.29 is 28.6 Å². The standard InChI is InChI=1S/C27H25O6P/c1-27(2)30-18-22(32-27)24-23(28)25(26(29)31-24)33-34(19-12-6-3-7-13-19,20-14-8-4-9-15-20)21-16-10-5-11-17-21/h3-17,22,24H,18H2,1-2H3/t22-,24+/m0/s1. The largest absolute Gasteiger partial charge is 0.870 e. The van der Waals surface area contributed by atoms with Crippen LogP contribution in [0.25, 0.3) is 0 Å². The minimum Gasteiger partial charge on any atom is -0.870 e. The third-order valence-electron chi connectivity index (χ3n) is 5.86. The molecule has 174 valence electrons. The summed E-state index contributed by atoms with van der Waals surface area (Å²) in [5.74, 6) is -2.46. The van der Waals surface area contributed by atoms with Crippen LogP contribution in [0.15, 0.2) is 103 Å². The Labute approximate surface area is 199 Å². The van der Waals surface area contributed by atoms with Crippen molar-refractivity contribution >= 4 is 29.4 Å². The Morgan fingerprint density at radius 3 is 1.74 bits per heavy atom. The summed E-state index contributed by atoms with van der Waals surface area (Å²) in [7, 11) is -2.89. The van der Waals surface area contributed by atoms with E-state index in [1.165, 1.54) is 0 Å². The van der Waals surface area contributed by atoms with Crippen LogP contribution in [-0.4, -0.2) is 30.6 Å². The Bertz CT molecular complexity index is 1100. The molecule has 3 aromatic carbocycles. The zero-order valence-electron chi connectivity index (χ0n) is 18.9. The van der Waals surface area contributed by atoms with Gasteiger partial charge in [0.15, 0.2) is 5.79 Å². The van der Waals surface area contributed by atoms with E-state index in [1.54, 1.807) is 13.8 Å². The lowest BCUT2D eigenvalue weighted by molar-refractivity contribution is -0.323. The molecule has 5 rings (SSSR count). The van der Waals surface area contributed by atoms with E-state index in [2.05, 4.69) is 0 Å². The highest BCUT2D eigenvalue weighted by Gasteiger charge is 2.53. The Hall–Kier alpha value is -3.18. The van der Waals surface area contributed by atoms with Gasteiger partial charge in [-0.3, -0.25) is 0 Å². The lowest BCUT2D eigenvalue weighted by Crippen LogP contribution is -2.36. The molecule has 34 heavy (non-hydrogen) atoms. The van der Waals surface area contributed by atoms with Crippen molar-refractivity contribution in [3.63, 3.8) is 0 Å². The fourth-order valence-electron chi connectivity index (χ4n) is 4.30. The molecule has 2 aliphatic rings. The van der Waals surface area contributed by atoms with Gasteiger partial charge in [0.1, 0.15) is 28.1 Å². The summed E-state index contributed by atoms with van der Waals surface area (Å²) < 4.78 is 23.5. The second-order valence-corrected chi connectivity index (χ2v) is 11.5. The third-order valence-corrected chi connectivity index (χ3v) is 9.39. The van der Waals surface area contributed by atoms with Gasteiger partial charge in [-0.15, -0.1) is 0 Å². The van der Waals surface area contributed by atoms with Gasteiger partial charge in [0.25, 0.3) is 13.2 Å². The molecule has 0 spiro atoms. The molecular formula is C27H25O6P. The topological polar surface area (TPSA) is 77.1 Å². The predicted octanol–water partition coefficient (Wildman–Crippen LogP) is 2.56. The maximum Gasteiger partial charge on any atom is 0.378 e. The van der Waals surface area contributed by atoms with E-state index in [-0.39, 0.29) is 12.4 Å².